The minimum Gasteiger partial charge on any atom is -0.398 e. The summed E-state index contributed by atoms with van der Waals surface area (Å²) in [5, 5.41) is 9.97. The van der Waals surface area contributed by atoms with Gasteiger partial charge in [0.2, 0.25) is 0 Å². The van der Waals surface area contributed by atoms with Crippen molar-refractivity contribution in [1.29, 1.82) is 0 Å². The molecule has 2 rings (SSSR count). The van der Waals surface area contributed by atoms with Gasteiger partial charge in [0.15, 0.2) is 0 Å². The Bertz CT molecular complexity index is 560. The third kappa shape index (κ3) is 5.08. The lowest BCUT2D eigenvalue weighted by Crippen LogP contribution is -2.18. The Labute approximate surface area is 130 Å². The van der Waals surface area contributed by atoms with Gasteiger partial charge in [-0.3, -0.25) is 0 Å². The van der Waals surface area contributed by atoms with Gasteiger partial charge in [0, 0.05) is 16.3 Å². The van der Waals surface area contributed by atoms with Gasteiger partial charge in [-0.1, -0.05) is 36.4 Å². The van der Waals surface area contributed by atoms with E-state index in [1.54, 1.807) is 11.8 Å². The summed E-state index contributed by atoms with van der Waals surface area (Å²) in [4.78, 5) is 1.11. The van der Waals surface area contributed by atoms with Gasteiger partial charge in [-0.15, -0.1) is 11.8 Å². The predicted octanol–water partition coefficient (Wildman–Crippen LogP) is 3.25. The van der Waals surface area contributed by atoms with Gasteiger partial charge in [0.05, 0.1) is 19.3 Å². The molecule has 0 radical (unpaired) electrons. The van der Waals surface area contributed by atoms with Crippen molar-refractivity contribution in [3.63, 3.8) is 0 Å². The number of ether oxygens (including phenoxy) is 1. The minimum atomic E-state index is -0.487. The van der Waals surface area contributed by atoms with Crippen molar-refractivity contribution in [3.05, 3.63) is 59.7 Å². The molecule has 112 valence electrons. The summed E-state index contributed by atoms with van der Waals surface area (Å²) < 4.78 is 5.54. The fraction of sp³-hybridized carbons (Fsp3) is 0.294. The zero-order chi connectivity index (χ0) is 15.1. The summed E-state index contributed by atoms with van der Waals surface area (Å²) >= 11 is 1.61. The highest BCUT2D eigenvalue weighted by atomic mass is 32.2. The van der Waals surface area contributed by atoms with Crippen LogP contribution >= 0.6 is 11.8 Å². The molecule has 0 amide bonds. The third-order valence-corrected chi connectivity index (χ3v) is 4.48. The zero-order valence-electron chi connectivity index (χ0n) is 12.2. The summed E-state index contributed by atoms with van der Waals surface area (Å²) in [7, 11) is 0. The molecule has 1 unspecified atom stereocenters. The van der Waals surface area contributed by atoms with Crippen LogP contribution in [0, 0.1) is 6.92 Å². The van der Waals surface area contributed by atoms with Crippen LogP contribution in [0.1, 0.15) is 11.1 Å². The van der Waals surface area contributed by atoms with Crippen molar-refractivity contribution in [3.8, 4) is 0 Å². The molecular weight excluding hydrogens is 282 g/mol. The van der Waals surface area contributed by atoms with Crippen LogP contribution in [0.3, 0.4) is 0 Å². The van der Waals surface area contributed by atoms with Gasteiger partial charge in [0.1, 0.15) is 0 Å². The molecule has 0 saturated heterocycles. The summed E-state index contributed by atoms with van der Waals surface area (Å²) in [5.74, 6) is 0.596. The molecule has 3 N–H and O–H groups in total. The van der Waals surface area contributed by atoms with E-state index in [4.69, 9.17) is 10.5 Å². The van der Waals surface area contributed by atoms with Crippen molar-refractivity contribution in [1.82, 2.24) is 0 Å². The number of anilines is 1. The van der Waals surface area contributed by atoms with Gasteiger partial charge >= 0.3 is 0 Å². The van der Waals surface area contributed by atoms with Crippen LogP contribution in [0.15, 0.2) is 53.4 Å². The Hall–Kier alpha value is -1.49. The molecule has 0 bridgehead atoms. The highest BCUT2D eigenvalue weighted by Crippen LogP contribution is 2.26. The Morgan fingerprint density at radius 1 is 1.14 bits per heavy atom. The molecule has 0 heterocycles. The maximum absolute atomic E-state index is 9.97. The Balaban J connectivity index is 1.72. The number of thioether (sulfide) groups is 1. The maximum atomic E-state index is 9.97. The first kappa shape index (κ1) is 15.9. The summed E-state index contributed by atoms with van der Waals surface area (Å²) in [6, 6.07) is 15.8. The number of hydrogen-bond donors (Lipinski definition) is 2. The normalized spacial score (nSPS) is 12.3. The van der Waals surface area contributed by atoms with Gasteiger partial charge in [-0.25, -0.2) is 0 Å². The second kappa shape index (κ2) is 8.08. The van der Waals surface area contributed by atoms with Crippen LogP contribution in [-0.4, -0.2) is 23.6 Å². The first-order valence-electron chi connectivity index (χ1n) is 6.94. The minimum absolute atomic E-state index is 0.337. The molecule has 0 aliphatic carbocycles. The average molecular weight is 303 g/mol. The topological polar surface area (TPSA) is 55.5 Å². The molecule has 21 heavy (non-hydrogen) atoms. The quantitative estimate of drug-likeness (QED) is 0.609. The number of nitrogens with two attached hydrogens (primary N) is 1. The van der Waals surface area contributed by atoms with Crippen LogP contribution in [0.4, 0.5) is 5.69 Å². The van der Waals surface area contributed by atoms with E-state index in [1.165, 1.54) is 0 Å². The largest absolute Gasteiger partial charge is 0.398 e. The van der Waals surface area contributed by atoms with Gasteiger partial charge in [-0.05, 0) is 30.2 Å². The summed E-state index contributed by atoms with van der Waals surface area (Å²) in [5.41, 5.74) is 8.84. The maximum Gasteiger partial charge on any atom is 0.0867 e. The SMILES string of the molecule is Cc1c(N)cccc1SCC(O)COCc1ccccc1. The number of nitrogen functional groups attached to an aromatic ring is 1. The van der Waals surface area contributed by atoms with E-state index >= 15 is 0 Å². The number of benzene rings is 2. The van der Waals surface area contributed by atoms with E-state index in [9.17, 15) is 5.11 Å². The standard InChI is InChI=1S/C17H21NO2S/c1-13-16(18)8-5-9-17(13)21-12-15(19)11-20-10-14-6-3-2-4-7-14/h2-9,15,19H,10-12,18H2,1H3. The molecule has 3 nitrogen and oxygen atoms in total. The fourth-order valence-electron chi connectivity index (χ4n) is 1.91. The molecule has 2 aromatic carbocycles. The Kier molecular flexibility index (Phi) is 6.11. The number of rotatable bonds is 7. The fourth-order valence-corrected chi connectivity index (χ4v) is 2.89. The van der Waals surface area contributed by atoms with Crippen molar-refractivity contribution in [2.45, 2.75) is 24.5 Å². The molecule has 2 aromatic rings. The number of aliphatic hydroxyl groups excluding tert-OH is 1. The molecule has 0 aliphatic rings. The van der Waals surface area contributed by atoms with Gasteiger partial charge in [0.25, 0.3) is 0 Å². The highest BCUT2D eigenvalue weighted by Gasteiger charge is 2.08. The van der Waals surface area contributed by atoms with Crippen LogP contribution in [0.25, 0.3) is 0 Å². The highest BCUT2D eigenvalue weighted by molar-refractivity contribution is 7.99. The molecule has 0 spiro atoms. The third-order valence-electron chi connectivity index (χ3n) is 3.18. The van der Waals surface area contributed by atoms with Crippen LogP contribution in [-0.2, 0) is 11.3 Å². The monoisotopic (exact) mass is 303 g/mol. The molecule has 0 aliphatic heterocycles. The van der Waals surface area contributed by atoms with Crippen molar-refractivity contribution in [2.24, 2.45) is 0 Å². The lowest BCUT2D eigenvalue weighted by Gasteiger charge is -2.13. The molecule has 0 aromatic heterocycles. The van der Waals surface area contributed by atoms with E-state index in [0.29, 0.717) is 19.0 Å². The van der Waals surface area contributed by atoms with Crippen LogP contribution < -0.4 is 5.73 Å². The Morgan fingerprint density at radius 3 is 2.67 bits per heavy atom. The number of hydrogen-bond acceptors (Lipinski definition) is 4. The average Bonchev–Trinajstić information content (AvgIpc) is 2.50. The van der Waals surface area contributed by atoms with Gasteiger partial charge in [-0.2, -0.15) is 0 Å². The van der Waals surface area contributed by atoms with E-state index < -0.39 is 6.10 Å². The molecular formula is C17H21NO2S. The molecule has 1 atom stereocenters. The zero-order valence-corrected chi connectivity index (χ0v) is 13.0. The van der Waals surface area contributed by atoms with E-state index in [2.05, 4.69) is 0 Å². The predicted molar refractivity (Wildman–Crippen MR) is 88.4 cm³/mol. The van der Waals surface area contributed by atoms with E-state index in [-0.39, 0.29) is 0 Å². The van der Waals surface area contributed by atoms with Gasteiger partial charge < -0.3 is 15.6 Å². The second-order valence-electron chi connectivity index (χ2n) is 4.94. The van der Waals surface area contributed by atoms with Crippen LogP contribution in [0.5, 0.6) is 0 Å². The smallest absolute Gasteiger partial charge is 0.0867 e. The lowest BCUT2D eigenvalue weighted by molar-refractivity contribution is 0.0398. The van der Waals surface area contributed by atoms with Crippen LogP contribution in [0.2, 0.25) is 0 Å². The molecule has 0 saturated carbocycles. The second-order valence-corrected chi connectivity index (χ2v) is 6.00. The van der Waals surface area contributed by atoms with E-state index in [0.717, 1.165) is 21.7 Å². The van der Waals surface area contributed by atoms with E-state index in [1.807, 2.05) is 55.5 Å². The molecule has 4 heteroatoms. The van der Waals surface area contributed by atoms with Crippen molar-refractivity contribution in [2.75, 3.05) is 18.1 Å². The van der Waals surface area contributed by atoms with Crippen molar-refractivity contribution < 1.29 is 9.84 Å². The summed E-state index contributed by atoms with van der Waals surface area (Å²) in [6.07, 6.45) is -0.487. The lowest BCUT2D eigenvalue weighted by atomic mass is 10.2. The molecule has 0 fully saturated rings. The van der Waals surface area contributed by atoms with Crippen molar-refractivity contribution >= 4 is 17.4 Å². The summed E-state index contributed by atoms with van der Waals surface area (Å²) in [6.45, 7) is 2.86. The Morgan fingerprint density at radius 2 is 1.90 bits per heavy atom. The first-order chi connectivity index (χ1) is 10.2. The number of aliphatic hydroxyl groups is 1. The first-order valence-corrected chi connectivity index (χ1v) is 7.93.